The molecule has 45 heavy (non-hydrogen) atoms. The molecule has 12 heteroatoms. The van der Waals surface area contributed by atoms with E-state index in [-0.39, 0.29) is 11.8 Å². The Kier molecular flexibility index (Phi) is 11.6. The number of benzene rings is 2. The normalized spacial score (nSPS) is 17.2. The van der Waals surface area contributed by atoms with Crippen LogP contribution in [0.5, 0.6) is 5.75 Å². The fourth-order valence-electron chi connectivity index (χ4n) is 5.28. The van der Waals surface area contributed by atoms with Gasteiger partial charge < -0.3 is 15.4 Å². The van der Waals surface area contributed by atoms with Crippen molar-refractivity contribution >= 4 is 23.6 Å². The van der Waals surface area contributed by atoms with E-state index in [4.69, 9.17) is 4.74 Å². The van der Waals surface area contributed by atoms with Crippen LogP contribution in [0.1, 0.15) is 52.0 Å². The highest BCUT2D eigenvalue weighted by Gasteiger charge is 2.22. The van der Waals surface area contributed by atoms with Gasteiger partial charge in [-0.05, 0) is 66.7 Å². The molecule has 4 bridgehead atoms. The number of nitrogens with one attached hydrogen (secondary N) is 2. The number of hydrogen-bond acceptors (Lipinski definition) is 8. The predicted molar refractivity (Wildman–Crippen MR) is 175 cm³/mol. The van der Waals surface area contributed by atoms with Gasteiger partial charge in [-0.3, -0.25) is 23.9 Å². The SMILES string of the molecule is CSCC[C@@H]1NC(=O)c2cc(ccc2C)OCCCn2cc(nn2)CN(Cc2ccc(Cn3cccn3)cc2)CCCNC1=O. The quantitative estimate of drug-likeness (QED) is 0.318. The first-order valence-corrected chi connectivity index (χ1v) is 16.8. The molecule has 238 valence electrons. The minimum absolute atomic E-state index is 0.167. The van der Waals surface area contributed by atoms with Crippen molar-refractivity contribution in [1.82, 2.24) is 40.3 Å². The molecular formula is C33H42N8O3S. The molecule has 2 aromatic heterocycles. The van der Waals surface area contributed by atoms with Crippen molar-refractivity contribution in [2.24, 2.45) is 0 Å². The summed E-state index contributed by atoms with van der Waals surface area (Å²) in [7, 11) is 0. The summed E-state index contributed by atoms with van der Waals surface area (Å²) in [5.41, 5.74) is 4.62. The monoisotopic (exact) mass is 630 g/mol. The van der Waals surface area contributed by atoms with Gasteiger partial charge in [0.25, 0.3) is 5.91 Å². The molecule has 1 atom stereocenters. The van der Waals surface area contributed by atoms with Crippen LogP contribution in [0.2, 0.25) is 0 Å². The highest BCUT2D eigenvalue weighted by molar-refractivity contribution is 7.98. The number of aromatic nitrogens is 5. The molecule has 11 nitrogen and oxygen atoms in total. The maximum absolute atomic E-state index is 13.3. The van der Waals surface area contributed by atoms with Crippen LogP contribution >= 0.6 is 11.8 Å². The molecule has 4 aromatic rings. The minimum Gasteiger partial charge on any atom is -0.494 e. The van der Waals surface area contributed by atoms with Gasteiger partial charge in [-0.2, -0.15) is 16.9 Å². The number of amides is 2. The molecule has 2 aromatic carbocycles. The number of carbonyl (C=O) groups excluding carboxylic acids is 2. The maximum Gasteiger partial charge on any atom is 0.252 e. The van der Waals surface area contributed by atoms with Crippen LogP contribution in [-0.4, -0.2) is 79.2 Å². The Labute approximate surface area is 268 Å². The lowest BCUT2D eigenvalue weighted by Crippen LogP contribution is -2.47. The van der Waals surface area contributed by atoms with Crippen molar-refractivity contribution in [3.05, 3.63) is 95.1 Å². The molecular weight excluding hydrogens is 588 g/mol. The van der Waals surface area contributed by atoms with Crippen molar-refractivity contribution in [2.75, 3.05) is 31.7 Å². The predicted octanol–water partition coefficient (Wildman–Crippen LogP) is 3.67. The van der Waals surface area contributed by atoms with Crippen LogP contribution in [-0.2, 0) is 31.0 Å². The average Bonchev–Trinajstić information content (AvgIpc) is 3.72. The highest BCUT2D eigenvalue weighted by atomic mass is 32.2. The summed E-state index contributed by atoms with van der Waals surface area (Å²) >= 11 is 1.65. The number of fused-ring (bicyclic) bond motifs is 4. The third-order valence-electron chi connectivity index (χ3n) is 7.74. The third-order valence-corrected chi connectivity index (χ3v) is 8.39. The summed E-state index contributed by atoms with van der Waals surface area (Å²) in [6, 6.07) is 15.4. The molecule has 1 aliphatic rings. The smallest absolute Gasteiger partial charge is 0.252 e. The third kappa shape index (κ3) is 9.66. The number of carbonyl (C=O) groups is 2. The first kappa shape index (κ1) is 32.2. The summed E-state index contributed by atoms with van der Waals surface area (Å²) in [5, 5.41) is 19.1. The number of thioether (sulfide) groups is 1. The van der Waals surface area contributed by atoms with E-state index in [2.05, 4.69) is 55.2 Å². The van der Waals surface area contributed by atoms with Gasteiger partial charge in [0.05, 0.1) is 18.8 Å². The van der Waals surface area contributed by atoms with Crippen LogP contribution in [0.25, 0.3) is 0 Å². The number of rotatable bonds is 7. The van der Waals surface area contributed by atoms with Crippen LogP contribution in [0.3, 0.4) is 0 Å². The van der Waals surface area contributed by atoms with E-state index < -0.39 is 6.04 Å². The number of aryl methyl sites for hydroxylation is 2. The first-order valence-electron chi connectivity index (χ1n) is 15.4. The lowest BCUT2D eigenvalue weighted by atomic mass is 10.1. The average molecular weight is 631 g/mol. The van der Waals surface area contributed by atoms with Gasteiger partial charge in [0.2, 0.25) is 5.91 Å². The summed E-state index contributed by atoms with van der Waals surface area (Å²) in [6.07, 6.45) is 9.77. The van der Waals surface area contributed by atoms with Crippen LogP contribution < -0.4 is 15.4 Å². The van der Waals surface area contributed by atoms with Crippen LogP contribution in [0.15, 0.2) is 67.1 Å². The Bertz CT molecular complexity index is 1520. The van der Waals surface area contributed by atoms with Crippen molar-refractivity contribution in [1.29, 1.82) is 0 Å². The van der Waals surface area contributed by atoms with E-state index >= 15 is 0 Å². The molecule has 0 fully saturated rings. The fraction of sp³-hybridized carbons (Fsp3) is 0.424. The fourth-order valence-corrected chi connectivity index (χ4v) is 5.75. The van der Waals surface area contributed by atoms with Gasteiger partial charge in [-0.15, -0.1) is 5.10 Å². The first-order chi connectivity index (χ1) is 22.0. The van der Waals surface area contributed by atoms with Crippen molar-refractivity contribution in [3.63, 3.8) is 0 Å². The number of nitrogens with zero attached hydrogens (tertiary/aromatic N) is 6. The maximum atomic E-state index is 13.3. The largest absolute Gasteiger partial charge is 0.494 e. The molecule has 0 radical (unpaired) electrons. The Hall–Kier alpha value is -4.16. The van der Waals surface area contributed by atoms with Gasteiger partial charge in [-0.1, -0.05) is 35.5 Å². The summed E-state index contributed by atoms with van der Waals surface area (Å²) in [5.74, 6) is 0.940. The van der Waals surface area contributed by atoms with E-state index in [1.807, 2.05) is 53.1 Å². The number of hydrogen-bond donors (Lipinski definition) is 2. The van der Waals surface area contributed by atoms with Crippen molar-refractivity contribution in [3.8, 4) is 5.75 Å². The Balaban J connectivity index is 1.29. The van der Waals surface area contributed by atoms with Crippen molar-refractivity contribution < 1.29 is 14.3 Å². The van der Waals surface area contributed by atoms with Crippen LogP contribution in [0.4, 0.5) is 0 Å². The zero-order valence-corrected chi connectivity index (χ0v) is 26.8. The lowest BCUT2D eigenvalue weighted by molar-refractivity contribution is -0.123. The summed E-state index contributed by atoms with van der Waals surface area (Å²) < 4.78 is 9.74. The van der Waals surface area contributed by atoms with Gasteiger partial charge in [-0.25, -0.2) is 0 Å². The molecule has 0 aliphatic carbocycles. The summed E-state index contributed by atoms with van der Waals surface area (Å²) in [4.78, 5) is 28.9. The minimum atomic E-state index is -0.620. The molecule has 5 rings (SSSR count). The highest BCUT2D eigenvalue weighted by Crippen LogP contribution is 2.19. The van der Waals surface area contributed by atoms with E-state index in [1.54, 1.807) is 24.0 Å². The Morgan fingerprint density at radius 2 is 1.87 bits per heavy atom. The molecule has 0 spiro atoms. The molecule has 3 heterocycles. The zero-order valence-electron chi connectivity index (χ0n) is 26.0. The van der Waals surface area contributed by atoms with E-state index in [0.29, 0.717) is 44.0 Å². The topological polar surface area (TPSA) is 119 Å². The lowest BCUT2D eigenvalue weighted by Gasteiger charge is -2.22. The van der Waals surface area contributed by atoms with Gasteiger partial charge in [0, 0.05) is 63.3 Å². The molecule has 1 aliphatic heterocycles. The number of ether oxygens (including phenoxy) is 1. The molecule has 0 unspecified atom stereocenters. The molecule has 2 N–H and O–H groups in total. The molecule has 0 saturated carbocycles. The summed E-state index contributed by atoms with van der Waals surface area (Å²) in [6.45, 7) is 6.39. The Morgan fingerprint density at radius 3 is 2.64 bits per heavy atom. The zero-order chi connectivity index (χ0) is 31.4. The Morgan fingerprint density at radius 1 is 1.04 bits per heavy atom. The molecule has 0 saturated heterocycles. The molecule has 2 amide bonds. The van der Waals surface area contributed by atoms with Gasteiger partial charge in [0.15, 0.2) is 0 Å². The van der Waals surface area contributed by atoms with Crippen LogP contribution in [0, 0.1) is 6.92 Å². The van der Waals surface area contributed by atoms with E-state index in [0.717, 1.165) is 49.5 Å². The van der Waals surface area contributed by atoms with Gasteiger partial charge in [0.1, 0.15) is 11.8 Å². The second-order valence-electron chi connectivity index (χ2n) is 11.3. The second-order valence-corrected chi connectivity index (χ2v) is 12.3. The van der Waals surface area contributed by atoms with Gasteiger partial charge >= 0.3 is 0 Å². The van der Waals surface area contributed by atoms with E-state index in [1.165, 1.54) is 11.1 Å². The van der Waals surface area contributed by atoms with Crippen molar-refractivity contribution in [2.45, 2.75) is 58.4 Å². The second kappa shape index (κ2) is 16.2. The standard InChI is InChI=1S/C33H42N8O3S/c1-25-6-11-29-20-30(25)32(42)36-31(12-19-45-2)33(43)34-13-3-15-39(23-28-24-41(38-37-28)17-5-18-44-29)21-26-7-9-27(10-8-26)22-40-16-4-14-35-40/h4,6-11,14,16,20,24,31H,3,5,12-13,15,17-19,21-23H2,1-2H3,(H,34,43)(H,36,42)/t31-/m0/s1. The van der Waals surface area contributed by atoms with E-state index in [9.17, 15) is 9.59 Å².